The largest absolute Gasteiger partial charge is 0.481 e. The van der Waals surface area contributed by atoms with Crippen LogP contribution >= 0.6 is 0 Å². The minimum Gasteiger partial charge on any atom is -0.481 e. The smallest absolute Gasteiger partial charge is 0.213 e. The lowest BCUT2D eigenvalue weighted by molar-refractivity contribution is -0.119. The zero-order chi connectivity index (χ0) is 24.8. The van der Waals surface area contributed by atoms with Crippen LogP contribution in [0.25, 0.3) is 33.3 Å². The van der Waals surface area contributed by atoms with Crippen LogP contribution in [0.2, 0.25) is 0 Å². The normalized spacial score (nSPS) is 11.9. The van der Waals surface area contributed by atoms with E-state index in [1.54, 1.807) is 26.6 Å². The molecule has 0 fully saturated rings. The summed E-state index contributed by atoms with van der Waals surface area (Å²) in [4.78, 5) is 25.9. The number of aliphatic hydroxyl groups excluding tert-OH is 1. The number of benzene rings is 1. The van der Waals surface area contributed by atoms with Crippen molar-refractivity contribution in [1.82, 2.24) is 15.0 Å². The number of Topliss-reactive ketones (excluding diaryl/α,β-unsaturated/α-hetero) is 1. The molecule has 7 heteroatoms. The molecule has 7 nitrogen and oxygen atoms in total. The number of aromatic nitrogens is 3. The van der Waals surface area contributed by atoms with E-state index in [0.29, 0.717) is 37.4 Å². The Morgan fingerprint density at radius 3 is 2.31 bits per heavy atom. The van der Waals surface area contributed by atoms with Crippen LogP contribution in [0.5, 0.6) is 11.8 Å². The molecule has 4 aromatic rings. The number of rotatable bonds is 10. The molecule has 0 spiro atoms. The molecular formula is C28H29N3O4. The second-order valence-electron chi connectivity index (χ2n) is 8.40. The van der Waals surface area contributed by atoms with Crippen molar-refractivity contribution in [2.75, 3.05) is 14.2 Å². The number of pyridine rings is 3. The maximum absolute atomic E-state index is 12.5. The van der Waals surface area contributed by atoms with Gasteiger partial charge in [0.2, 0.25) is 11.8 Å². The Balaban J connectivity index is 1.77. The summed E-state index contributed by atoms with van der Waals surface area (Å²) in [6, 6.07) is 15.5. The summed E-state index contributed by atoms with van der Waals surface area (Å²) in [6.07, 6.45) is 4.82. The summed E-state index contributed by atoms with van der Waals surface area (Å²) in [5.74, 6) is 1.13. The van der Waals surface area contributed by atoms with Crippen LogP contribution in [-0.4, -0.2) is 46.2 Å². The molecule has 1 aromatic carbocycles. The molecule has 0 aliphatic heterocycles. The van der Waals surface area contributed by atoms with Crippen molar-refractivity contribution >= 4 is 16.7 Å². The van der Waals surface area contributed by atoms with Crippen molar-refractivity contribution in [2.45, 2.75) is 38.7 Å². The summed E-state index contributed by atoms with van der Waals surface area (Å²) in [6.45, 7) is 1.91. The van der Waals surface area contributed by atoms with Gasteiger partial charge in [-0.1, -0.05) is 13.0 Å². The SMILES string of the molecule is CCC(O)CCC(=O)Cc1ccc2nc(-c3ccnc(OC)c3)c(-c3ccnc(OC)c3)cc2c1. The molecule has 1 unspecified atom stereocenters. The minimum absolute atomic E-state index is 0.115. The Bertz CT molecular complexity index is 1340. The first kappa shape index (κ1) is 24.3. The van der Waals surface area contributed by atoms with Crippen LogP contribution in [0.4, 0.5) is 0 Å². The molecule has 0 saturated carbocycles. The van der Waals surface area contributed by atoms with E-state index in [2.05, 4.69) is 16.0 Å². The summed E-state index contributed by atoms with van der Waals surface area (Å²) in [5.41, 5.74) is 5.21. The highest BCUT2D eigenvalue weighted by Gasteiger charge is 2.15. The Kier molecular flexibility index (Phi) is 7.67. The van der Waals surface area contributed by atoms with Crippen molar-refractivity contribution in [1.29, 1.82) is 0 Å². The van der Waals surface area contributed by atoms with Crippen LogP contribution in [0.1, 0.15) is 31.7 Å². The van der Waals surface area contributed by atoms with Gasteiger partial charge in [0, 0.05) is 53.9 Å². The van der Waals surface area contributed by atoms with Gasteiger partial charge < -0.3 is 14.6 Å². The third-order valence-electron chi connectivity index (χ3n) is 5.98. The second kappa shape index (κ2) is 11.1. The number of fused-ring (bicyclic) bond motifs is 1. The molecular weight excluding hydrogens is 442 g/mol. The number of hydrogen-bond donors (Lipinski definition) is 1. The monoisotopic (exact) mass is 471 g/mol. The Hall–Kier alpha value is -3.84. The molecule has 180 valence electrons. The molecule has 0 bridgehead atoms. The molecule has 1 atom stereocenters. The number of ether oxygens (including phenoxy) is 2. The van der Waals surface area contributed by atoms with Crippen molar-refractivity contribution < 1.29 is 19.4 Å². The molecule has 0 radical (unpaired) electrons. The number of ketones is 1. The van der Waals surface area contributed by atoms with Gasteiger partial charge in [-0.05, 0) is 54.3 Å². The van der Waals surface area contributed by atoms with Crippen LogP contribution in [-0.2, 0) is 11.2 Å². The summed E-state index contributed by atoms with van der Waals surface area (Å²) < 4.78 is 10.7. The van der Waals surface area contributed by atoms with Gasteiger partial charge in [-0.25, -0.2) is 15.0 Å². The molecule has 0 aliphatic rings. The summed E-state index contributed by atoms with van der Waals surface area (Å²) in [5, 5.41) is 10.7. The van der Waals surface area contributed by atoms with Crippen molar-refractivity contribution in [2.24, 2.45) is 0 Å². The third-order valence-corrected chi connectivity index (χ3v) is 5.98. The Morgan fingerprint density at radius 1 is 0.943 bits per heavy atom. The van der Waals surface area contributed by atoms with Gasteiger partial charge in [0.1, 0.15) is 5.78 Å². The highest BCUT2D eigenvalue weighted by molar-refractivity contribution is 5.92. The lowest BCUT2D eigenvalue weighted by Crippen LogP contribution is -2.10. The predicted octanol–water partition coefficient (Wildman–Crippen LogP) is 5.04. The van der Waals surface area contributed by atoms with Crippen molar-refractivity contribution in [3.63, 3.8) is 0 Å². The minimum atomic E-state index is -0.426. The molecule has 1 N–H and O–H groups in total. The fourth-order valence-corrected chi connectivity index (χ4v) is 3.98. The van der Waals surface area contributed by atoms with Gasteiger partial charge in [0.25, 0.3) is 0 Å². The quantitative estimate of drug-likeness (QED) is 0.346. The van der Waals surface area contributed by atoms with Gasteiger partial charge in [0.15, 0.2) is 0 Å². The van der Waals surface area contributed by atoms with E-state index in [-0.39, 0.29) is 5.78 Å². The number of carbonyl (C=O) groups is 1. The molecule has 0 saturated heterocycles. The molecule has 4 rings (SSSR count). The standard InChI is InChI=1S/C28H29N3O4/c1-4-22(32)6-7-23(33)14-18-5-8-25-21(13-18)15-24(19-9-11-29-26(16-19)34-2)28(31-25)20-10-12-30-27(17-20)35-3/h5,8-13,15-17,22,32H,4,6-7,14H2,1-3H3. The number of methoxy groups -OCH3 is 2. The van der Waals surface area contributed by atoms with E-state index < -0.39 is 6.10 Å². The zero-order valence-corrected chi connectivity index (χ0v) is 20.2. The van der Waals surface area contributed by atoms with Gasteiger partial charge in [-0.2, -0.15) is 0 Å². The maximum Gasteiger partial charge on any atom is 0.213 e. The van der Waals surface area contributed by atoms with E-state index in [9.17, 15) is 9.90 Å². The average Bonchev–Trinajstić information content (AvgIpc) is 2.90. The fourth-order valence-electron chi connectivity index (χ4n) is 3.98. The lowest BCUT2D eigenvalue weighted by atomic mass is 9.96. The first-order chi connectivity index (χ1) is 17.0. The molecule has 3 heterocycles. The van der Waals surface area contributed by atoms with Gasteiger partial charge in [-0.15, -0.1) is 0 Å². The topological polar surface area (TPSA) is 94.4 Å². The van der Waals surface area contributed by atoms with Crippen molar-refractivity contribution in [3.05, 3.63) is 66.5 Å². The highest BCUT2D eigenvalue weighted by Crippen LogP contribution is 2.35. The maximum atomic E-state index is 12.5. The van der Waals surface area contributed by atoms with E-state index in [1.807, 2.05) is 49.4 Å². The number of carbonyl (C=O) groups excluding carboxylic acids is 1. The molecule has 3 aromatic heterocycles. The summed E-state index contributed by atoms with van der Waals surface area (Å²) >= 11 is 0. The van der Waals surface area contributed by atoms with Crippen LogP contribution in [0, 0.1) is 0 Å². The Morgan fingerprint density at radius 2 is 1.63 bits per heavy atom. The fraction of sp³-hybridized carbons (Fsp3) is 0.286. The van der Waals surface area contributed by atoms with Crippen LogP contribution < -0.4 is 9.47 Å². The van der Waals surface area contributed by atoms with Gasteiger partial charge in [-0.3, -0.25) is 4.79 Å². The molecule has 0 aliphatic carbocycles. The van der Waals surface area contributed by atoms with Gasteiger partial charge in [0.05, 0.1) is 31.5 Å². The van der Waals surface area contributed by atoms with Crippen LogP contribution in [0.3, 0.4) is 0 Å². The molecule has 0 amide bonds. The summed E-state index contributed by atoms with van der Waals surface area (Å²) in [7, 11) is 3.17. The van der Waals surface area contributed by atoms with E-state index >= 15 is 0 Å². The first-order valence-corrected chi connectivity index (χ1v) is 11.6. The van der Waals surface area contributed by atoms with E-state index in [4.69, 9.17) is 14.5 Å². The van der Waals surface area contributed by atoms with Gasteiger partial charge >= 0.3 is 0 Å². The van der Waals surface area contributed by atoms with Crippen LogP contribution in [0.15, 0.2) is 60.9 Å². The number of aliphatic hydroxyl groups is 1. The Labute approximate surface area is 204 Å². The zero-order valence-electron chi connectivity index (χ0n) is 20.2. The first-order valence-electron chi connectivity index (χ1n) is 11.6. The lowest BCUT2D eigenvalue weighted by Gasteiger charge is -2.13. The van der Waals surface area contributed by atoms with Crippen molar-refractivity contribution in [3.8, 4) is 34.1 Å². The number of nitrogens with zero attached hydrogens (tertiary/aromatic N) is 3. The highest BCUT2D eigenvalue weighted by atomic mass is 16.5. The number of hydrogen-bond acceptors (Lipinski definition) is 7. The predicted molar refractivity (Wildman–Crippen MR) is 136 cm³/mol. The third kappa shape index (κ3) is 5.81. The average molecular weight is 472 g/mol. The van der Waals surface area contributed by atoms with E-state index in [0.717, 1.165) is 38.9 Å². The van der Waals surface area contributed by atoms with E-state index in [1.165, 1.54) is 0 Å². The molecule has 35 heavy (non-hydrogen) atoms. The second-order valence-corrected chi connectivity index (χ2v) is 8.40.